The van der Waals surface area contributed by atoms with Gasteiger partial charge in [-0.25, -0.2) is 4.39 Å². The van der Waals surface area contributed by atoms with Gasteiger partial charge in [0.2, 0.25) is 5.91 Å². The van der Waals surface area contributed by atoms with Crippen LogP contribution in [0, 0.1) is 5.82 Å². The van der Waals surface area contributed by atoms with E-state index in [-0.39, 0.29) is 22.5 Å². The summed E-state index contributed by atoms with van der Waals surface area (Å²) < 4.78 is 23.7. The Hall–Kier alpha value is -3.27. The lowest BCUT2D eigenvalue weighted by atomic mass is 10.1. The van der Waals surface area contributed by atoms with Crippen molar-refractivity contribution in [2.24, 2.45) is 0 Å². The van der Waals surface area contributed by atoms with Crippen molar-refractivity contribution in [1.82, 2.24) is 16.2 Å². The van der Waals surface area contributed by atoms with Gasteiger partial charge < -0.3 is 14.8 Å². The normalized spacial score (nSPS) is 17.8. The Morgan fingerprint density at radius 2 is 1.91 bits per heavy atom. The zero-order chi connectivity index (χ0) is 23.1. The maximum absolute atomic E-state index is 13.0. The first-order chi connectivity index (χ1) is 15.4. The molecule has 1 heterocycles. The maximum Gasteiger partial charge on any atom is 0.269 e. The van der Waals surface area contributed by atoms with Crippen molar-refractivity contribution in [2.75, 3.05) is 19.5 Å². The molecule has 2 atom stereocenters. The minimum atomic E-state index is -0.785. The summed E-state index contributed by atoms with van der Waals surface area (Å²) in [6, 6.07) is 9.84. The number of hydrogen-bond acceptors (Lipinski definition) is 6. The summed E-state index contributed by atoms with van der Waals surface area (Å²) in [5.41, 5.74) is 5.78. The molecule has 1 aliphatic heterocycles. The van der Waals surface area contributed by atoms with Crippen LogP contribution in [-0.4, -0.2) is 48.5 Å². The van der Waals surface area contributed by atoms with E-state index >= 15 is 0 Å². The summed E-state index contributed by atoms with van der Waals surface area (Å²) in [7, 11) is 1.47. The van der Waals surface area contributed by atoms with E-state index in [9.17, 15) is 18.8 Å². The van der Waals surface area contributed by atoms with Crippen LogP contribution in [0.15, 0.2) is 42.5 Å². The van der Waals surface area contributed by atoms with Gasteiger partial charge in [-0.3, -0.25) is 25.2 Å². The molecule has 170 valence electrons. The Labute approximate surface area is 189 Å². The summed E-state index contributed by atoms with van der Waals surface area (Å²) in [5, 5.41) is 2.29. The highest BCUT2D eigenvalue weighted by Crippen LogP contribution is 2.28. The van der Waals surface area contributed by atoms with Crippen LogP contribution in [0.1, 0.15) is 22.8 Å². The lowest BCUT2D eigenvalue weighted by Gasteiger charge is -2.28. The maximum atomic E-state index is 13.0. The SMILES string of the molecule is CCOc1ccc(C(=O)NNC(=O)C2CSC(Cc3ccc(F)cc3)C(=O)N2)cc1OC. The molecular formula is C22H24FN3O5S. The number of hydrogen-bond donors (Lipinski definition) is 3. The van der Waals surface area contributed by atoms with Crippen LogP contribution in [0.2, 0.25) is 0 Å². The molecule has 32 heavy (non-hydrogen) atoms. The first kappa shape index (κ1) is 23.4. The zero-order valence-electron chi connectivity index (χ0n) is 17.6. The molecule has 2 aromatic carbocycles. The van der Waals surface area contributed by atoms with E-state index in [1.165, 1.54) is 37.1 Å². The molecule has 2 aromatic rings. The van der Waals surface area contributed by atoms with Crippen LogP contribution in [0.5, 0.6) is 11.5 Å². The Kier molecular flexibility index (Phi) is 7.93. The summed E-state index contributed by atoms with van der Waals surface area (Å²) in [6.07, 6.45) is 0.432. The molecule has 3 rings (SSSR count). The molecule has 0 aliphatic carbocycles. The molecule has 2 unspecified atom stereocenters. The second-order valence-electron chi connectivity index (χ2n) is 6.96. The van der Waals surface area contributed by atoms with Gasteiger partial charge in [-0.15, -0.1) is 11.8 Å². The molecule has 3 N–H and O–H groups in total. The fourth-order valence-corrected chi connectivity index (χ4v) is 4.27. The van der Waals surface area contributed by atoms with E-state index < -0.39 is 17.9 Å². The second kappa shape index (κ2) is 10.9. The number of methoxy groups -OCH3 is 1. The summed E-state index contributed by atoms with van der Waals surface area (Å²) in [5.74, 6) is -0.441. The Bertz CT molecular complexity index is 986. The Balaban J connectivity index is 1.50. The molecule has 1 saturated heterocycles. The Morgan fingerprint density at radius 1 is 1.16 bits per heavy atom. The number of carbonyl (C=O) groups excluding carboxylic acids is 3. The molecule has 8 nitrogen and oxygen atoms in total. The highest BCUT2D eigenvalue weighted by atomic mass is 32.2. The topological polar surface area (TPSA) is 106 Å². The first-order valence-electron chi connectivity index (χ1n) is 9.98. The number of halogens is 1. The minimum absolute atomic E-state index is 0.270. The van der Waals surface area contributed by atoms with Gasteiger partial charge in [0.05, 0.1) is 19.0 Å². The van der Waals surface area contributed by atoms with Gasteiger partial charge in [0.25, 0.3) is 11.8 Å². The molecular weight excluding hydrogens is 437 g/mol. The molecule has 0 aromatic heterocycles. The van der Waals surface area contributed by atoms with Gasteiger partial charge in [-0.2, -0.15) is 0 Å². The van der Waals surface area contributed by atoms with E-state index in [1.54, 1.807) is 24.3 Å². The standard InChI is InChI=1S/C22H24FN3O5S/c1-3-31-17-9-6-14(11-18(17)30-2)20(27)25-26-21(28)16-12-32-19(22(29)24-16)10-13-4-7-15(23)8-5-13/h4-9,11,16,19H,3,10,12H2,1-2H3,(H,24,29)(H,25,27)(H,26,28). The molecule has 0 spiro atoms. The number of thioether (sulfide) groups is 1. The van der Waals surface area contributed by atoms with Crippen LogP contribution in [0.4, 0.5) is 4.39 Å². The van der Waals surface area contributed by atoms with Crippen molar-refractivity contribution >= 4 is 29.5 Å². The summed E-state index contributed by atoms with van der Waals surface area (Å²) >= 11 is 1.34. The predicted molar refractivity (Wildman–Crippen MR) is 118 cm³/mol. The monoisotopic (exact) mass is 461 g/mol. The predicted octanol–water partition coefficient (Wildman–Crippen LogP) is 1.84. The minimum Gasteiger partial charge on any atom is -0.493 e. The van der Waals surface area contributed by atoms with Crippen LogP contribution in [-0.2, 0) is 16.0 Å². The summed E-state index contributed by atoms with van der Waals surface area (Å²) in [4.78, 5) is 37.2. The van der Waals surface area contributed by atoms with E-state index in [4.69, 9.17) is 9.47 Å². The van der Waals surface area contributed by atoms with Crippen molar-refractivity contribution in [1.29, 1.82) is 0 Å². The third kappa shape index (κ3) is 5.91. The molecule has 0 bridgehead atoms. The summed E-state index contributed by atoms with van der Waals surface area (Å²) in [6.45, 7) is 2.29. The van der Waals surface area contributed by atoms with Crippen molar-refractivity contribution in [3.8, 4) is 11.5 Å². The van der Waals surface area contributed by atoms with Crippen molar-refractivity contribution in [2.45, 2.75) is 24.6 Å². The van der Waals surface area contributed by atoms with Gasteiger partial charge in [0.1, 0.15) is 11.9 Å². The number of amides is 3. The van der Waals surface area contributed by atoms with Gasteiger partial charge in [-0.1, -0.05) is 12.1 Å². The van der Waals surface area contributed by atoms with Crippen LogP contribution in [0.3, 0.4) is 0 Å². The molecule has 1 fully saturated rings. The smallest absolute Gasteiger partial charge is 0.269 e. The van der Waals surface area contributed by atoms with E-state index in [0.717, 1.165) is 5.56 Å². The fraction of sp³-hybridized carbons (Fsp3) is 0.318. The zero-order valence-corrected chi connectivity index (χ0v) is 18.5. The highest BCUT2D eigenvalue weighted by molar-refractivity contribution is 8.00. The lowest BCUT2D eigenvalue weighted by Crippen LogP contribution is -2.57. The lowest BCUT2D eigenvalue weighted by molar-refractivity contribution is -0.129. The van der Waals surface area contributed by atoms with E-state index in [1.807, 2.05) is 6.92 Å². The van der Waals surface area contributed by atoms with E-state index in [0.29, 0.717) is 30.3 Å². The van der Waals surface area contributed by atoms with Gasteiger partial charge in [-0.05, 0) is 49.2 Å². The number of rotatable bonds is 7. The first-order valence-corrected chi connectivity index (χ1v) is 11.0. The number of benzene rings is 2. The third-order valence-electron chi connectivity index (χ3n) is 4.75. The molecule has 0 saturated carbocycles. The average Bonchev–Trinajstić information content (AvgIpc) is 2.80. The van der Waals surface area contributed by atoms with Crippen LogP contribution >= 0.6 is 11.8 Å². The second-order valence-corrected chi connectivity index (χ2v) is 8.19. The Morgan fingerprint density at radius 3 is 2.56 bits per heavy atom. The third-order valence-corrected chi connectivity index (χ3v) is 6.06. The van der Waals surface area contributed by atoms with E-state index in [2.05, 4.69) is 16.2 Å². The van der Waals surface area contributed by atoms with Crippen molar-refractivity contribution in [3.05, 3.63) is 59.4 Å². The van der Waals surface area contributed by atoms with Crippen molar-refractivity contribution in [3.63, 3.8) is 0 Å². The molecule has 0 radical (unpaired) electrons. The molecule has 3 amide bonds. The van der Waals surface area contributed by atoms with Gasteiger partial charge >= 0.3 is 0 Å². The van der Waals surface area contributed by atoms with Crippen LogP contribution < -0.4 is 25.6 Å². The van der Waals surface area contributed by atoms with Crippen molar-refractivity contribution < 1.29 is 28.2 Å². The fourth-order valence-electron chi connectivity index (χ4n) is 3.08. The quantitative estimate of drug-likeness (QED) is 0.544. The van der Waals surface area contributed by atoms with Gasteiger partial charge in [0, 0.05) is 11.3 Å². The van der Waals surface area contributed by atoms with Gasteiger partial charge in [0.15, 0.2) is 11.5 Å². The molecule has 1 aliphatic rings. The number of carbonyl (C=O) groups is 3. The number of hydrazine groups is 1. The number of nitrogens with one attached hydrogen (secondary N) is 3. The van der Waals surface area contributed by atoms with Crippen LogP contribution in [0.25, 0.3) is 0 Å². The largest absolute Gasteiger partial charge is 0.493 e. The molecule has 10 heteroatoms. The average molecular weight is 462 g/mol. The number of ether oxygens (including phenoxy) is 2. The highest BCUT2D eigenvalue weighted by Gasteiger charge is 2.32.